The predicted molar refractivity (Wildman–Crippen MR) is 145 cm³/mol. The maximum Gasteiger partial charge on any atom is 0.264 e. The summed E-state index contributed by atoms with van der Waals surface area (Å²) in [6.07, 6.45) is 1.57. The molecule has 0 amide bonds. The Balaban J connectivity index is 1.31. The molecule has 10 nitrogen and oxygen atoms in total. The molecular formula is C27H27N7O3S. The van der Waals surface area contributed by atoms with Crippen LogP contribution in [0, 0.1) is 6.92 Å². The van der Waals surface area contributed by atoms with Crippen LogP contribution in [0.5, 0.6) is 11.5 Å². The minimum Gasteiger partial charge on any atom is -0.457 e. The second-order valence-corrected chi connectivity index (χ2v) is 11.3. The maximum atomic E-state index is 14.0. The van der Waals surface area contributed by atoms with E-state index in [4.69, 9.17) is 16.2 Å². The molecule has 3 heterocycles. The van der Waals surface area contributed by atoms with E-state index in [1.807, 2.05) is 55.5 Å². The van der Waals surface area contributed by atoms with Gasteiger partial charge in [0.2, 0.25) is 0 Å². The fourth-order valence-electron chi connectivity index (χ4n) is 4.97. The lowest BCUT2D eigenvalue weighted by Crippen LogP contribution is -2.57. The second kappa shape index (κ2) is 9.19. The number of aryl methyl sites for hydroxylation is 1. The SMILES string of the molecule is Cc1ccc(Oc2ccc(S(=O)(=O)N3CC(N4C(N)=Nc5[nH]ncc5C4N)Cc4ccccc43)cc2)cc1. The summed E-state index contributed by atoms with van der Waals surface area (Å²) in [5.74, 6) is 1.95. The highest BCUT2D eigenvalue weighted by Gasteiger charge is 2.40. The highest BCUT2D eigenvalue weighted by atomic mass is 32.2. The van der Waals surface area contributed by atoms with Crippen molar-refractivity contribution >= 4 is 27.5 Å². The number of hydrogen-bond donors (Lipinski definition) is 3. The number of nitrogens with two attached hydrogens (primary N) is 2. The van der Waals surface area contributed by atoms with Gasteiger partial charge in [0.25, 0.3) is 10.0 Å². The monoisotopic (exact) mass is 529 g/mol. The summed E-state index contributed by atoms with van der Waals surface area (Å²) in [6, 6.07) is 21.2. The molecule has 0 saturated heterocycles. The third-order valence-electron chi connectivity index (χ3n) is 6.91. The summed E-state index contributed by atoms with van der Waals surface area (Å²) >= 11 is 0. The van der Waals surface area contributed by atoms with Crippen molar-refractivity contribution in [2.24, 2.45) is 16.5 Å². The van der Waals surface area contributed by atoms with E-state index in [2.05, 4.69) is 15.2 Å². The van der Waals surface area contributed by atoms with E-state index < -0.39 is 16.2 Å². The van der Waals surface area contributed by atoms with Gasteiger partial charge in [0.1, 0.15) is 17.7 Å². The number of nitrogens with one attached hydrogen (secondary N) is 1. The first-order chi connectivity index (χ1) is 18.3. The lowest BCUT2D eigenvalue weighted by atomic mass is 9.97. The van der Waals surface area contributed by atoms with E-state index in [-0.39, 0.29) is 23.4 Å². The Labute approximate surface area is 220 Å². The van der Waals surface area contributed by atoms with Crippen LogP contribution in [0.1, 0.15) is 22.9 Å². The highest BCUT2D eigenvalue weighted by molar-refractivity contribution is 7.92. The molecule has 5 N–H and O–H groups in total. The number of benzene rings is 3. The summed E-state index contributed by atoms with van der Waals surface area (Å²) in [4.78, 5) is 6.33. The maximum absolute atomic E-state index is 14.0. The van der Waals surface area contributed by atoms with E-state index >= 15 is 0 Å². The average molecular weight is 530 g/mol. The van der Waals surface area contributed by atoms with Gasteiger partial charge >= 0.3 is 0 Å². The zero-order valence-corrected chi connectivity index (χ0v) is 21.5. The van der Waals surface area contributed by atoms with Gasteiger partial charge in [-0.25, -0.2) is 8.42 Å². The number of aliphatic imine (C=N–C) groups is 1. The van der Waals surface area contributed by atoms with Gasteiger partial charge < -0.3 is 21.1 Å². The smallest absolute Gasteiger partial charge is 0.264 e. The number of para-hydroxylation sites is 1. The van der Waals surface area contributed by atoms with Gasteiger partial charge in [0, 0.05) is 0 Å². The Hall–Kier alpha value is -4.35. The standard InChI is InChI=1S/C27H27N7O3S/c1-17-6-8-20(9-7-17)37-21-10-12-22(13-11-21)38(35,36)33-16-19(14-18-4-2-3-5-24(18)33)34-25(28)23-15-30-32-26(23)31-27(34)29/h2-13,15,19,25H,14,16,28H2,1H3,(H3,29,30,31,32). The number of aromatic amines is 1. The quantitative estimate of drug-likeness (QED) is 0.359. The molecule has 1 aromatic heterocycles. The molecule has 0 aliphatic carbocycles. The molecule has 0 radical (unpaired) electrons. The first kappa shape index (κ1) is 24.0. The number of rotatable bonds is 5. The fourth-order valence-corrected chi connectivity index (χ4v) is 6.51. The summed E-state index contributed by atoms with van der Waals surface area (Å²) in [6.45, 7) is 2.15. The molecule has 0 fully saturated rings. The lowest BCUT2D eigenvalue weighted by molar-refractivity contribution is 0.233. The Morgan fingerprint density at radius 1 is 1.00 bits per heavy atom. The molecule has 2 unspecified atom stereocenters. The van der Waals surface area contributed by atoms with E-state index in [9.17, 15) is 8.42 Å². The van der Waals surface area contributed by atoms with Crippen LogP contribution < -0.4 is 20.5 Å². The second-order valence-electron chi connectivity index (χ2n) is 9.41. The average Bonchev–Trinajstić information content (AvgIpc) is 3.39. The van der Waals surface area contributed by atoms with Crippen molar-refractivity contribution in [3.63, 3.8) is 0 Å². The number of sulfonamides is 1. The molecule has 0 saturated carbocycles. The van der Waals surface area contributed by atoms with Crippen LogP contribution in [0.3, 0.4) is 0 Å². The first-order valence-electron chi connectivity index (χ1n) is 12.2. The van der Waals surface area contributed by atoms with Crippen molar-refractivity contribution in [2.45, 2.75) is 30.4 Å². The van der Waals surface area contributed by atoms with Gasteiger partial charge in [0.15, 0.2) is 11.8 Å². The van der Waals surface area contributed by atoms with Gasteiger partial charge in [-0.3, -0.25) is 9.40 Å². The van der Waals surface area contributed by atoms with Gasteiger partial charge in [-0.05, 0) is 61.4 Å². The molecule has 2 atom stereocenters. The van der Waals surface area contributed by atoms with Crippen LogP contribution in [0.15, 0.2) is 88.9 Å². The minimum atomic E-state index is -3.92. The van der Waals surface area contributed by atoms with Crippen molar-refractivity contribution in [1.29, 1.82) is 0 Å². The summed E-state index contributed by atoms with van der Waals surface area (Å²) < 4.78 is 35.2. The van der Waals surface area contributed by atoms with Crippen LogP contribution in [0.2, 0.25) is 0 Å². The Bertz CT molecular complexity index is 1620. The van der Waals surface area contributed by atoms with Crippen molar-refractivity contribution < 1.29 is 13.2 Å². The molecule has 0 spiro atoms. The number of hydrogen-bond acceptors (Lipinski definition) is 8. The number of guanidine groups is 1. The number of ether oxygens (including phenoxy) is 1. The zero-order chi connectivity index (χ0) is 26.4. The molecule has 3 aromatic carbocycles. The number of H-pyrrole nitrogens is 1. The van der Waals surface area contributed by atoms with Gasteiger partial charge in [-0.1, -0.05) is 35.9 Å². The summed E-state index contributed by atoms with van der Waals surface area (Å²) in [5, 5.41) is 6.82. The third-order valence-corrected chi connectivity index (χ3v) is 8.70. The van der Waals surface area contributed by atoms with Crippen LogP contribution in [-0.4, -0.2) is 42.1 Å². The van der Waals surface area contributed by atoms with E-state index in [1.54, 1.807) is 35.4 Å². The van der Waals surface area contributed by atoms with Crippen molar-refractivity contribution in [2.75, 3.05) is 10.8 Å². The van der Waals surface area contributed by atoms with Gasteiger partial charge in [0.05, 0.1) is 34.9 Å². The first-order valence-corrected chi connectivity index (χ1v) is 13.6. The topological polar surface area (TPSA) is 143 Å². The highest BCUT2D eigenvalue weighted by Crippen LogP contribution is 2.37. The third kappa shape index (κ3) is 4.15. The van der Waals surface area contributed by atoms with E-state index in [0.29, 0.717) is 35.0 Å². The van der Waals surface area contributed by atoms with Crippen molar-refractivity contribution in [3.05, 3.63) is 95.7 Å². The van der Waals surface area contributed by atoms with Gasteiger partial charge in [-0.2, -0.15) is 10.1 Å². The molecule has 6 rings (SSSR count). The molecule has 194 valence electrons. The molecule has 2 aliphatic heterocycles. The van der Waals surface area contributed by atoms with E-state index in [1.165, 1.54) is 4.31 Å². The lowest BCUT2D eigenvalue weighted by Gasteiger charge is -2.44. The summed E-state index contributed by atoms with van der Waals surface area (Å²) in [7, 11) is -3.92. The molecule has 4 aromatic rings. The molecule has 11 heteroatoms. The van der Waals surface area contributed by atoms with Crippen LogP contribution in [-0.2, 0) is 16.4 Å². The normalized spacial score (nSPS) is 18.9. The zero-order valence-electron chi connectivity index (χ0n) is 20.7. The molecule has 0 bridgehead atoms. The number of fused-ring (bicyclic) bond motifs is 2. The summed E-state index contributed by atoms with van der Waals surface area (Å²) in [5.41, 5.74) is 16.2. The Kier molecular flexibility index (Phi) is 5.81. The fraction of sp³-hybridized carbons (Fsp3) is 0.185. The van der Waals surface area contributed by atoms with Crippen LogP contribution >= 0.6 is 0 Å². The predicted octanol–water partition coefficient (Wildman–Crippen LogP) is 3.55. The number of nitrogens with zero attached hydrogens (tertiary/aromatic N) is 4. The number of anilines is 1. The number of aromatic nitrogens is 2. The van der Waals surface area contributed by atoms with E-state index in [0.717, 1.165) is 11.1 Å². The van der Waals surface area contributed by atoms with Crippen molar-refractivity contribution in [3.8, 4) is 11.5 Å². The largest absolute Gasteiger partial charge is 0.457 e. The Morgan fingerprint density at radius 2 is 1.68 bits per heavy atom. The Morgan fingerprint density at radius 3 is 2.42 bits per heavy atom. The molecular weight excluding hydrogens is 502 g/mol. The van der Waals surface area contributed by atoms with Gasteiger partial charge in [-0.15, -0.1) is 0 Å². The van der Waals surface area contributed by atoms with Crippen LogP contribution in [0.25, 0.3) is 0 Å². The molecule has 2 aliphatic rings. The van der Waals surface area contributed by atoms with Crippen molar-refractivity contribution in [1.82, 2.24) is 15.1 Å². The van der Waals surface area contributed by atoms with Crippen LogP contribution in [0.4, 0.5) is 11.5 Å². The molecule has 38 heavy (non-hydrogen) atoms. The minimum absolute atomic E-state index is 0.151.